The van der Waals surface area contributed by atoms with Gasteiger partial charge in [0.05, 0.1) is 0 Å². The van der Waals surface area contributed by atoms with E-state index in [9.17, 15) is 4.79 Å². The normalized spacial score (nSPS) is 15.0. The lowest BCUT2D eigenvalue weighted by Crippen LogP contribution is -2.32. The van der Waals surface area contributed by atoms with E-state index in [0.29, 0.717) is 12.8 Å². The molecule has 1 amide bonds. The fraction of sp³-hybridized carbons (Fsp3) is 0.381. The molecule has 0 atom stereocenters. The number of nitrogens with zero attached hydrogens (tertiary/aromatic N) is 1. The number of hydrogen-bond acceptors (Lipinski definition) is 4. The van der Waals surface area contributed by atoms with Crippen molar-refractivity contribution in [2.24, 2.45) is 0 Å². The largest absolute Gasteiger partial charge is 0.399 e. The highest BCUT2D eigenvalue weighted by Gasteiger charge is 2.14. The summed E-state index contributed by atoms with van der Waals surface area (Å²) in [7, 11) is 0. The Morgan fingerprint density at radius 2 is 1.85 bits per heavy atom. The average Bonchev–Trinajstić information content (AvgIpc) is 2.65. The number of thioether (sulfide) groups is 1. The second-order valence-electron chi connectivity index (χ2n) is 6.73. The van der Waals surface area contributed by atoms with Crippen molar-refractivity contribution in [2.75, 3.05) is 35.6 Å². The third-order valence-corrected chi connectivity index (χ3v) is 5.84. The Kier molecular flexibility index (Phi) is 6.58. The van der Waals surface area contributed by atoms with Crippen LogP contribution in [0.1, 0.15) is 23.1 Å². The van der Waals surface area contributed by atoms with Crippen LogP contribution in [0.3, 0.4) is 0 Å². The number of aryl methyl sites for hydroxylation is 1. The van der Waals surface area contributed by atoms with E-state index in [1.54, 1.807) is 0 Å². The van der Waals surface area contributed by atoms with Gasteiger partial charge >= 0.3 is 0 Å². The Hall–Kier alpha value is -1.98. The van der Waals surface area contributed by atoms with Gasteiger partial charge in [0.25, 0.3) is 0 Å². The van der Waals surface area contributed by atoms with Crippen molar-refractivity contribution in [3.8, 4) is 0 Å². The predicted molar refractivity (Wildman–Crippen MR) is 112 cm³/mol. The van der Waals surface area contributed by atoms with Gasteiger partial charge in [0, 0.05) is 48.9 Å². The van der Waals surface area contributed by atoms with Crippen LogP contribution < -0.4 is 11.1 Å². The zero-order chi connectivity index (χ0) is 18.4. The molecule has 1 aliphatic heterocycles. The molecule has 0 aliphatic carbocycles. The lowest BCUT2D eigenvalue weighted by molar-refractivity contribution is -0.116. The molecule has 1 fully saturated rings. The van der Waals surface area contributed by atoms with Crippen molar-refractivity contribution in [3.63, 3.8) is 0 Å². The molecule has 0 spiro atoms. The number of hydrogen-bond donors (Lipinski definition) is 2. The maximum absolute atomic E-state index is 12.4. The van der Waals surface area contributed by atoms with Gasteiger partial charge in [-0.25, -0.2) is 0 Å². The second kappa shape index (κ2) is 9.10. The van der Waals surface area contributed by atoms with Gasteiger partial charge in [-0.05, 0) is 42.2 Å². The van der Waals surface area contributed by atoms with E-state index in [2.05, 4.69) is 23.2 Å². The molecule has 0 aromatic heterocycles. The van der Waals surface area contributed by atoms with Crippen molar-refractivity contribution in [1.82, 2.24) is 4.90 Å². The number of nitrogen functional groups attached to an aromatic ring is 1. The first kappa shape index (κ1) is 18.8. The minimum Gasteiger partial charge on any atom is -0.399 e. The van der Waals surface area contributed by atoms with Crippen LogP contribution >= 0.6 is 11.8 Å². The summed E-state index contributed by atoms with van der Waals surface area (Å²) in [5.41, 5.74) is 11.1. The van der Waals surface area contributed by atoms with Crippen LogP contribution in [-0.4, -0.2) is 35.4 Å². The molecule has 3 N–H and O–H groups in total. The third kappa shape index (κ3) is 5.02. The second-order valence-corrected chi connectivity index (χ2v) is 7.95. The molecule has 5 heteroatoms. The lowest BCUT2D eigenvalue weighted by Gasteiger charge is -2.27. The van der Waals surface area contributed by atoms with Crippen LogP contribution in [0, 0.1) is 6.92 Å². The van der Waals surface area contributed by atoms with Crippen molar-refractivity contribution in [3.05, 3.63) is 59.2 Å². The molecule has 2 aromatic rings. The number of para-hydroxylation sites is 1. The molecular weight excluding hydrogens is 342 g/mol. The van der Waals surface area contributed by atoms with E-state index in [1.807, 2.05) is 48.2 Å². The summed E-state index contributed by atoms with van der Waals surface area (Å²) in [5.74, 6) is 2.44. The standard InChI is InChI=1S/C21H27N3OS/c1-16-18(15-24-11-13-26-14-12-24)6-4-8-20(16)23-21(25)10-9-17-5-2-3-7-19(17)22/h2-8H,9-15,22H2,1H3,(H,23,25). The molecule has 0 bridgehead atoms. The molecule has 0 unspecified atom stereocenters. The average molecular weight is 370 g/mol. The summed E-state index contributed by atoms with van der Waals surface area (Å²) in [5, 5.41) is 3.08. The summed E-state index contributed by atoms with van der Waals surface area (Å²) in [4.78, 5) is 14.9. The fourth-order valence-corrected chi connectivity index (χ4v) is 4.19. The number of carbonyl (C=O) groups is 1. The van der Waals surface area contributed by atoms with Gasteiger partial charge in [-0.3, -0.25) is 9.69 Å². The van der Waals surface area contributed by atoms with E-state index in [4.69, 9.17) is 5.73 Å². The van der Waals surface area contributed by atoms with Gasteiger partial charge in [-0.2, -0.15) is 11.8 Å². The number of carbonyl (C=O) groups excluding carboxylic acids is 1. The quantitative estimate of drug-likeness (QED) is 0.763. The van der Waals surface area contributed by atoms with Gasteiger partial charge in [-0.15, -0.1) is 0 Å². The number of rotatable bonds is 6. The van der Waals surface area contributed by atoms with Crippen molar-refractivity contribution >= 4 is 29.0 Å². The van der Waals surface area contributed by atoms with Gasteiger partial charge in [0.1, 0.15) is 0 Å². The number of nitrogens with one attached hydrogen (secondary N) is 1. The highest BCUT2D eigenvalue weighted by Crippen LogP contribution is 2.22. The van der Waals surface area contributed by atoms with Crippen molar-refractivity contribution in [1.29, 1.82) is 0 Å². The maximum Gasteiger partial charge on any atom is 0.224 e. The van der Waals surface area contributed by atoms with Crippen LogP contribution in [0.5, 0.6) is 0 Å². The number of nitrogens with two attached hydrogens (primary N) is 1. The molecule has 4 nitrogen and oxygen atoms in total. The SMILES string of the molecule is Cc1c(CN2CCSCC2)cccc1NC(=O)CCc1ccccc1N. The predicted octanol–water partition coefficient (Wildman–Crippen LogP) is 3.70. The molecule has 138 valence electrons. The first-order valence-corrected chi connectivity index (χ1v) is 10.3. The molecule has 1 heterocycles. The zero-order valence-corrected chi connectivity index (χ0v) is 16.1. The highest BCUT2D eigenvalue weighted by molar-refractivity contribution is 7.99. The molecule has 0 radical (unpaired) electrons. The van der Waals surface area contributed by atoms with Crippen LogP contribution in [0.2, 0.25) is 0 Å². The van der Waals surface area contributed by atoms with E-state index in [1.165, 1.54) is 22.6 Å². The first-order chi connectivity index (χ1) is 12.6. The van der Waals surface area contributed by atoms with Crippen molar-refractivity contribution < 1.29 is 4.79 Å². The Morgan fingerprint density at radius 3 is 2.62 bits per heavy atom. The summed E-state index contributed by atoms with van der Waals surface area (Å²) < 4.78 is 0. The van der Waals surface area contributed by atoms with Crippen LogP contribution in [0.4, 0.5) is 11.4 Å². The summed E-state index contributed by atoms with van der Waals surface area (Å²) in [6.45, 7) is 5.33. The highest BCUT2D eigenvalue weighted by atomic mass is 32.2. The third-order valence-electron chi connectivity index (χ3n) is 4.89. The van der Waals surface area contributed by atoms with E-state index >= 15 is 0 Å². The molecule has 3 rings (SSSR count). The van der Waals surface area contributed by atoms with Gasteiger partial charge < -0.3 is 11.1 Å². The van der Waals surface area contributed by atoms with Gasteiger partial charge in [-0.1, -0.05) is 30.3 Å². The van der Waals surface area contributed by atoms with Crippen LogP contribution in [-0.2, 0) is 17.8 Å². The zero-order valence-electron chi connectivity index (χ0n) is 15.3. The smallest absolute Gasteiger partial charge is 0.224 e. The minimum absolute atomic E-state index is 0.0304. The molecule has 0 saturated carbocycles. The molecule has 2 aromatic carbocycles. The Bertz CT molecular complexity index is 757. The Morgan fingerprint density at radius 1 is 1.12 bits per heavy atom. The lowest BCUT2D eigenvalue weighted by atomic mass is 10.0. The Labute approximate surface area is 160 Å². The number of benzene rings is 2. The number of anilines is 2. The monoisotopic (exact) mass is 369 g/mol. The fourth-order valence-electron chi connectivity index (χ4n) is 3.21. The van der Waals surface area contributed by atoms with Crippen LogP contribution in [0.25, 0.3) is 0 Å². The minimum atomic E-state index is 0.0304. The van der Waals surface area contributed by atoms with Gasteiger partial charge in [0.15, 0.2) is 0 Å². The van der Waals surface area contributed by atoms with Crippen LogP contribution in [0.15, 0.2) is 42.5 Å². The molecular formula is C21H27N3OS. The Balaban J connectivity index is 1.59. The van der Waals surface area contributed by atoms with E-state index in [0.717, 1.165) is 36.6 Å². The number of amides is 1. The topological polar surface area (TPSA) is 58.4 Å². The summed E-state index contributed by atoms with van der Waals surface area (Å²) in [6, 6.07) is 13.9. The molecule has 1 saturated heterocycles. The van der Waals surface area contributed by atoms with Crippen molar-refractivity contribution in [2.45, 2.75) is 26.3 Å². The van der Waals surface area contributed by atoms with E-state index < -0.39 is 0 Å². The van der Waals surface area contributed by atoms with E-state index in [-0.39, 0.29) is 5.91 Å². The summed E-state index contributed by atoms with van der Waals surface area (Å²) in [6.07, 6.45) is 1.09. The first-order valence-electron chi connectivity index (χ1n) is 9.15. The summed E-state index contributed by atoms with van der Waals surface area (Å²) >= 11 is 2.02. The van der Waals surface area contributed by atoms with Gasteiger partial charge in [0.2, 0.25) is 5.91 Å². The maximum atomic E-state index is 12.4. The molecule has 1 aliphatic rings. The molecule has 26 heavy (non-hydrogen) atoms.